The van der Waals surface area contributed by atoms with Crippen LogP contribution >= 0.6 is 11.6 Å². The molecule has 0 radical (unpaired) electrons. The molecule has 0 saturated heterocycles. The molecule has 2 aromatic carbocycles. The Morgan fingerprint density at radius 2 is 1.88 bits per heavy atom. The Labute approximate surface area is 144 Å². The molecule has 0 aliphatic heterocycles. The van der Waals surface area contributed by atoms with Crippen LogP contribution in [0.5, 0.6) is 0 Å². The predicted molar refractivity (Wildman–Crippen MR) is 90.9 cm³/mol. The molecule has 1 aromatic heterocycles. The molecule has 0 aliphatic rings. The molecule has 0 spiro atoms. The van der Waals surface area contributed by atoms with Crippen molar-refractivity contribution in [1.82, 2.24) is 25.5 Å². The molecule has 1 heterocycles. The predicted octanol–water partition coefficient (Wildman–Crippen LogP) is 2.74. The van der Waals surface area contributed by atoms with Crippen molar-refractivity contribution in [1.29, 1.82) is 0 Å². The van der Waals surface area contributed by atoms with Crippen LogP contribution < -0.4 is 5.32 Å². The van der Waals surface area contributed by atoms with Gasteiger partial charge in [0.25, 0.3) is 0 Å². The Kier molecular flexibility index (Phi) is 4.86. The zero-order valence-electron chi connectivity index (χ0n) is 13.1. The number of tetrazole rings is 1. The van der Waals surface area contributed by atoms with Crippen molar-refractivity contribution in [3.05, 3.63) is 71.0 Å². The summed E-state index contributed by atoms with van der Waals surface area (Å²) in [6.07, 6.45) is 1.84. The SMILES string of the molecule is C[C@H](NC(=O)Cc1ccc(-n2cnnn2)cc1)c1ccc(Cl)cc1. The minimum atomic E-state index is -0.0738. The number of nitrogens with zero attached hydrogens (tertiary/aromatic N) is 4. The molecule has 0 bridgehead atoms. The number of aromatic nitrogens is 4. The number of benzene rings is 2. The van der Waals surface area contributed by atoms with E-state index < -0.39 is 0 Å². The Balaban J connectivity index is 1.59. The summed E-state index contributed by atoms with van der Waals surface area (Å²) in [5.74, 6) is -0.0346. The second kappa shape index (κ2) is 7.23. The first-order valence-electron chi connectivity index (χ1n) is 7.49. The van der Waals surface area contributed by atoms with Crippen molar-refractivity contribution in [2.45, 2.75) is 19.4 Å². The first-order chi connectivity index (χ1) is 11.6. The van der Waals surface area contributed by atoms with Crippen LogP contribution in [0.25, 0.3) is 5.69 Å². The van der Waals surface area contributed by atoms with Crippen LogP contribution in [0.3, 0.4) is 0 Å². The summed E-state index contributed by atoms with van der Waals surface area (Å²) in [6.45, 7) is 1.95. The molecule has 0 fully saturated rings. The van der Waals surface area contributed by atoms with Crippen LogP contribution in [0.15, 0.2) is 54.9 Å². The fourth-order valence-electron chi connectivity index (χ4n) is 2.36. The van der Waals surface area contributed by atoms with Crippen LogP contribution in [0.1, 0.15) is 24.1 Å². The minimum absolute atomic E-state index is 0.0346. The van der Waals surface area contributed by atoms with E-state index in [1.165, 1.54) is 6.33 Å². The van der Waals surface area contributed by atoms with Gasteiger partial charge in [0.2, 0.25) is 5.91 Å². The third-order valence-corrected chi connectivity index (χ3v) is 3.91. The lowest BCUT2D eigenvalue weighted by molar-refractivity contribution is -0.121. The summed E-state index contributed by atoms with van der Waals surface area (Å²) in [7, 11) is 0. The van der Waals surface area contributed by atoms with Gasteiger partial charge in [-0.2, -0.15) is 0 Å². The summed E-state index contributed by atoms with van der Waals surface area (Å²) >= 11 is 5.88. The van der Waals surface area contributed by atoms with Gasteiger partial charge in [-0.1, -0.05) is 35.9 Å². The van der Waals surface area contributed by atoms with Crippen LogP contribution in [-0.2, 0) is 11.2 Å². The molecule has 1 atom stereocenters. The molecular formula is C17H16ClN5O. The molecule has 122 valence electrons. The second-order valence-corrected chi connectivity index (χ2v) is 5.87. The summed E-state index contributed by atoms with van der Waals surface area (Å²) in [6, 6.07) is 14.9. The van der Waals surface area contributed by atoms with Crippen LogP contribution in [0, 0.1) is 0 Å². The average molecular weight is 342 g/mol. The molecule has 3 rings (SSSR count). The van der Waals surface area contributed by atoms with Crippen molar-refractivity contribution in [2.24, 2.45) is 0 Å². The minimum Gasteiger partial charge on any atom is -0.349 e. The van der Waals surface area contributed by atoms with Gasteiger partial charge in [0.1, 0.15) is 6.33 Å². The fourth-order valence-corrected chi connectivity index (χ4v) is 2.48. The van der Waals surface area contributed by atoms with E-state index in [1.54, 1.807) is 4.68 Å². The third kappa shape index (κ3) is 3.97. The number of hydrogen-bond donors (Lipinski definition) is 1. The number of carbonyl (C=O) groups excluding carboxylic acids is 1. The summed E-state index contributed by atoms with van der Waals surface area (Å²) in [5.41, 5.74) is 2.79. The first kappa shape index (κ1) is 16.1. The number of nitrogens with one attached hydrogen (secondary N) is 1. The quantitative estimate of drug-likeness (QED) is 0.774. The second-order valence-electron chi connectivity index (χ2n) is 5.44. The van der Waals surface area contributed by atoms with Crippen LogP contribution in [0.4, 0.5) is 0 Å². The van der Waals surface area contributed by atoms with E-state index in [1.807, 2.05) is 55.5 Å². The van der Waals surface area contributed by atoms with Gasteiger partial charge in [-0.25, -0.2) is 4.68 Å². The molecular weight excluding hydrogens is 326 g/mol. The first-order valence-corrected chi connectivity index (χ1v) is 7.87. The van der Waals surface area contributed by atoms with Crippen molar-refractivity contribution < 1.29 is 4.79 Å². The maximum absolute atomic E-state index is 12.2. The van der Waals surface area contributed by atoms with Gasteiger partial charge >= 0.3 is 0 Å². The van der Waals surface area contributed by atoms with Crippen molar-refractivity contribution in [2.75, 3.05) is 0 Å². The molecule has 0 saturated carbocycles. The topological polar surface area (TPSA) is 72.7 Å². The Bertz CT molecular complexity index is 800. The maximum Gasteiger partial charge on any atom is 0.224 e. The number of rotatable bonds is 5. The molecule has 7 heteroatoms. The lowest BCUT2D eigenvalue weighted by Crippen LogP contribution is -2.28. The highest BCUT2D eigenvalue weighted by Gasteiger charge is 2.10. The van der Waals surface area contributed by atoms with Crippen molar-refractivity contribution >= 4 is 17.5 Å². The molecule has 3 aromatic rings. The number of halogens is 1. The van der Waals surface area contributed by atoms with Crippen molar-refractivity contribution in [3.8, 4) is 5.69 Å². The average Bonchev–Trinajstić information content (AvgIpc) is 3.10. The number of carbonyl (C=O) groups is 1. The summed E-state index contributed by atoms with van der Waals surface area (Å²) < 4.78 is 1.56. The Morgan fingerprint density at radius 1 is 1.17 bits per heavy atom. The Hall–Kier alpha value is -2.73. The smallest absolute Gasteiger partial charge is 0.224 e. The van der Waals surface area contributed by atoms with E-state index in [0.717, 1.165) is 16.8 Å². The zero-order valence-corrected chi connectivity index (χ0v) is 13.8. The monoisotopic (exact) mass is 341 g/mol. The van der Waals surface area contributed by atoms with E-state index in [-0.39, 0.29) is 11.9 Å². The van der Waals surface area contributed by atoms with E-state index in [0.29, 0.717) is 11.4 Å². The van der Waals surface area contributed by atoms with Crippen molar-refractivity contribution in [3.63, 3.8) is 0 Å². The maximum atomic E-state index is 12.2. The van der Waals surface area contributed by atoms with Gasteiger partial charge in [0.05, 0.1) is 18.2 Å². The molecule has 1 amide bonds. The number of amides is 1. The van der Waals surface area contributed by atoms with E-state index in [2.05, 4.69) is 20.8 Å². The van der Waals surface area contributed by atoms with E-state index in [4.69, 9.17) is 11.6 Å². The van der Waals surface area contributed by atoms with Gasteiger partial charge < -0.3 is 5.32 Å². The van der Waals surface area contributed by atoms with Gasteiger partial charge in [-0.3, -0.25) is 4.79 Å². The Morgan fingerprint density at radius 3 is 2.50 bits per heavy atom. The fraction of sp³-hybridized carbons (Fsp3) is 0.176. The number of hydrogen-bond acceptors (Lipinski definition) is 4. The highest BCUT2D eigenvalue weighted by molar-refractivity contribution is 6.30. The molecule has 0 aliphatic carbocycles. The van der Waals surface area contributed by atoms with E-state index in [9.17, 15) is 4.79 Å². The highest BCUT2D eigenvalue weighted by Crippen LogP contribution is 2.16. The molecule has 1 N–H and O–H groups in total. The summed E-state index contributed by atoms with van der Waals surface area (Å²) in [4.78, 5) is 12.2. The third-order valence-electron chi connectivity index (χ3n) is 3.66. The molecule has 24 heavy (non-hydrogen) atoms. The summed E-state index contributed by atoms with van der Waals surface area (Å²) in [5, 5.41) is 14.7. The lowest BCUT2D eigenvalue weighted by atomic mass is 10.1. The largest absolute Gasteiger partial charge is 0.349 e. The zero-order chi connectivity index (χ0) is 16.9. The molecule has 0 unspecified atom stereocenters. The van der Waals surface area contributed by atoms with Crippen LogP contribution in [0.2, 0.25) is 5.02 Å². The van der Waals surface area contributed by atoms with Gasteiger partial charge in [0, 0.05) is 5.02 Å². The standard InChI is InChI=1S/C17H16ClN5O/c1-12(14-4-6-15(18)7-5-14)20-17(24)10-13-2-8-16(9-3-13)23-11-19-21-22-23/h2-9,11-12H,10H2,1H3,(H,20,24)/t12-/m0/s1. The van der Waals surface area contributed by atoms with Gasteiger partial charge in [0.15, 0.2) is 0 Å². The van der Waals surface area contributed by atoms with E-state index >= 15 is 0 Å². The van der Waals surface area contributed by atoms with Gasteiger partial charge in [-0.15, -0.1) is 5.10 Å². The van der Waals surface area contributed by atoms with Gasteiger partial charge in [-0.05, 0) is 52.7 Å². The van der Waals surface area contributed by atoms with Crippen LogP contribution in [-0.4, -0.2) is 26.1 Å². The molecule has 6 nitrogen and oxygen atoms in total. The normalized spacial score (nSPS) is 11.9. The highest BCUT2D eigenvalue weighted by atomic mass is 35.5. The lowest BCUT2D eigenvalue weighted by Gasteiger charge is -2.14.